The zero-order valence-electron chi connectivity index (χ0n) is 9.15. The van der Waals surface area contributed by atoms with E-state index in [-0.39, 0.29) is 6.61 Å². The fourth-order valence-corrected chi connectivity index (χ4v) is 1.95. The van der Waals surface area contributed by atoms with Crippen LogP contribution in [-0.2, 0) is 13.3 Å². The van der Waals surface area contributed by atoms with E-state index in [0.29, 0.717) is 5.56 Å². The second-order valence-corrected chi connectivity index (χ2v) is 4.97. The minimum Gasteiger partial charge on any atom is -0.379 e. The molecule has 0 amide bonds. The lowest BCUT2D eigenvalue weighted by Gasteiger charge is -2.14. The molecule has 0 aliphatic rings. The molecule has 0 saturated heterocycles. The summed E-state index contributed by atoms with van der Waals surface area (Å²) in [5.41, 5.74) is 0.376. The Morgan fingerprint density at radius 2 is 1.75 bits per heavy atom. The quantitative estimate of drug-likeness (QED) is 0.719. The lowest BCUT2D eigenvalue weighted by Crippen LogP contribution is -2.25. The molecular weight excluding hydrogens is 234 g/mol. The summed E-state index contributed by atoms with van der Waals surface area (Å²) in [6.07, 6.45) is -1.30. The highest BCUT2D eigenvalue weighted by Crippen LogP contribution is 2.18. The Morgan fingerprint density at radius 3 is 2.25 bits per heavy atom. The van der Waals surface area contributed by atoms with E-state index in [1.165, 1.54) is 38.5 Å². The van der Waals surface area contributed by atoms with Crippen LogP contribution in [0, 0.1) is 5.82 Å². The van der Waals surface area contributed by atoms with Crippen LogP contribution in [0.1, 0.15) is 11.7 Å². The molecule has 1 aromatic rings. The molecule has 0 fully saturated rings. The normalized spacial score (nSPS) is 13.1. The summed E-state index contributed by atoms with van der Waals surface area (Å²) in [4.78, 5) is 0. The fraction of sp³-hybridized carbons (Fsp3) is 0.400. The van der Waals surface area contributed by atoms with Gasteiger partial charge in [-0.15, -0.1) is 0 Å². The first kappa shape index (κ1) is 13.2. The van der Waals surface area contributed by atoms with Crippen molar-refractivity contribution in [2.75, 3.05) is 20.8 Å². The summed E-state index contributed by atoms with van der Waals surface area (Å²) in [6, 6.07) is 5.20. The van der Waals surface area contributed by atoms with Gasteiger partial charge < -0.3 is 13.3 Å². The smallest absolute Gasteiger partial charge is 0.379 e. The highest BCUT2D eigenvalue weighted by atomic mass is 28.3. The van der Waals surface area contributed by atoms with Gasteiger partial charge in [-0.2, -0.15) is 0 Å². The third-order valence-electron chi connectivity index (χ3n) is 2.00. The first-order valence-corrected chi connectivity index (χ1v) is 6.15. The average Bonchev–Trinajstić information content (AvgIpc) is 2.31. The third kappa shape index (κ3) is 3.97. The molecule has 1 atom stereocenters. The monoisotopic (exact) mass is 248 g/mol. The highest BCUT2D eigenvalue weighted by molar-refractivity contribution is 6.36. The molecule has 1 unspecified atom stereocenters. The second kappa shape index (κ2) is 6.69. The Bertz CT molecular complexity index is 303. The van der Waals surface area contributed by atoms with Gasteiger partial charge in [0.15, 0.2) is 0 Å². The standard InChI is InChI=1S/C10H14F2O3Si/c1-13-16(14-2)15-7-10(12)8-3-5-9(11)6-4-8/h3-6,10,16H,7H2,1-2H3. The van der Waals surface area contributed by atoms with Gasteiger partial charge in [0.25, 0.3) is 0 Å². The third-order valence-corrected chi connectivity index (χ3v) is 3.23. The number of hydrogen-bond donors (Lipinski definition) is 0. The van der Waals surface area contributed by atoms with Crippen LogP contribution >= 0.6 is 0 Å². The predicted molar refractivity (Wildman–Crippen MR) is 57.4 cm³/mol. The molecule has 1 rings (SSSR count). The van der Waals surface area contributed by atoms with Crippen molar-refractivity contribution in [3.05, 3.63) is 35.6 Å². The van der Waals surface area contributed by atoms with Crippen LogP contribution in [-0.4, -0.2) is 30.4 Å². The van der Waals surface area contributed by atoms with E-state index < -0.39 is 21.5 Å². The van der Waals surface area contributed by atoms with Gasteiger partial charge in [0.1, 0.15) is 12.0 Å². The van der Waals surface area contributed by atoms with E-state index in [9.17, 15) is 8.78 Å². The van der Waals surface area contributed by atoms with Gasteiger partial charge in [0, 0.05) is 14.2 Å². The summed E-state index contributed by atoms with van der Waals surface area (Å²) in [7, 11) is 0.704. The van der Waals surface area contributed by atoms with E-state index in [0.717, 1.165) is 0 Å². The van der Waals surface area contributed by atoms with Crippen LogP contribution in [0.15, 0.2) is 24.3 Å². The Balaban J connectivity index is 2.46. The molecule has 0 spiro atoms. The Morgan fingerprint density at radius 1 is 1.19 bits per heavy atom. The summed E-state index contributed by atoms with van der Waals surface area (Å²) in [5.74, 6) is -0.391. The molecule has 16 heavy (non-hydrogen) atoms. The van der Waals surface area contributed by atoms with E-state index in [1.54, 1.807) is 0 Å². The fourth-order valence-electron chi connectivity index (χ4n) is 1.16. The van der Waals surface area contributed by atoms with E-state index in [4.69, 9.17) is 13.3 Å². The summed E-state index contributed by atoms with van der Waals surface area (Å²) in [6.45, 7) is -0.149. The largest absolute Gasteiger partial charge is 0.483 e. The van der Waals surface area contributed by atoms with Crippen molar-refractivity contribution >= 4 is 9.53 Å². The molecule has 1 aromatic carbocycles. The zero-order valence-corrected chi connectivity index (χ0v) is 10.3. The molecule has 3 nitrogen and oxygen atoms in total. The number of halogens is 2. The van der Waals surface area contributed by atoms with Crippen molar-refractivity contribution in [3.63, 3.8) is 0 Å². The van der Waals surface area contributed by atoms with E-state index in [1.807, 2.05) is 0 Å². The topological polar surface area (TPSA) is 27.7 Å². The van der Waals surface area contributed by atoms with Gasteiger partial charge in [-0.3, -0.25) is 0 Å². The molecule has 6 heteroatoms. The number of alkyl halides is 1. The van der Waals surface area contributed by atoms with Gasteiger partial charge in [-0.25, -0.2) is 8.78 Å². The number of hydrogen-bond acceptors (Lipinski definition) is 3. The molecular formula is C10H14F2O3Si. The molecule has 0 aliphatic heterocycles. The lowest BCUT2D eigenvalue weighted by atomic mass is 10.1. The molecule has 0 heterocycles. The van der Waals surface area contributed by atoms with Crippen LogP contribution in [0.25, 0.3) is 0 Å². The van der Waals surface area contributed by atoms with Crippen LogP contribution in [0.4, 0.5) is 8.78 Å². The maximum absolute atomic E-state index is 13.6. The number of rotatable bonds is 6. The van der Waals surface area contributed by atoms with Crippen molar-refractivity contribution in [1.82, 2.24) is 0 Å². The summed E-state index contributed by atoms with van der Waals surface area (Å²) < 4.78 is 41.0. The van der Waals surface area contributed by atoms with Crippen LogP contribution < -0.4 is 0 Å². The zero-order chi connectivity index (χ0) is 12.0. The van der Waals surface area contributed by atoms with E-state index in [2.05, 4.69) is 0 Å². The van der Waals surface area contributed by atoms with Crippen molar-refractivity contribution in [1.29, 1.82) is 0 Å². The molecule has 0 aromatic heterocycles. The van der Waals surface area contributed by atoms with Crippen molar-refractivity contribution in [3.8, 4) is 0 Å². The maximum Gasteiger partial charge on any atom is 0.483 e. The highest BCUT2D eigenvalue weighted by Gasteiger charge is 2.16. The van der Waals surface area contributed by atoms with Gasteiger partial charge >= 0.3 is 9.53 Å². The van der Waals surface area contributed by atoms with Crippen LogP contribution in [0.2, 0.25) is 0 Å². The molecule has 90 valence electrons. The van der Waals surface area contributed by atoms with Crippen molar-refractivity contribution in [2.45, 2.75) is 6.17 Å². The molecule has 0 bridgehead atoms. The SMILES string of the molecule is CO[SiH](OC)OCC(F)c1ccc(F)cc1. The van der Waals surface area contributed by atoms with Gasteiger partial charge in [-0.05, 0) is 17.7 Å². The van der Waals surface area contributed by atoms with Crippen molar-refractivity contribution < 1.29 is 22.1 Å². The minimum absolute atomic E-state index is 0.149. The van der Waals surface area contributed by atoms with Gasteiger partial charge in [0.05, 0.1) is 6.61 Å². The molecule has 0 saturated carbocycles. The number of benzene rings is 1. The maximum atomic E-state index is 13.6. The Hall–Kier alpha value is -0.823. The first-order valence-electron chi connectivity index (χ1n) is 4.74. The Labute approximate surface area is 94.9 Å². The lowest BCUT2D eigenvalue weighted by molar-refractivity contribution is 0.101. The van der Waals surface area contributed by atoms with Crippen LogP contribution in [0.3, 0.4) is 0 Å². The Kier molecular flexibility index (Phi) is 5.54. The second-order valence-electron chi connectivity index (χ2n) is 3.11. The minimum atomic E-state index is -2.20. The average molecular weight is 248 g/mol. The predicted octanol–water partition coefficient (Wildman–Crippen LogP) is 1.86. The summed E-state index contributed by atoms with van der Waals surface area (Å²) in [5, 5.41) is 0. The molecule has 0 radical (unpaired) electrons. The van der Waals surface area contributed by atoms with Gasteiger partial charge in [0.2, 0.25) is 0 Å². The first-order chi connectivity index (χ1) is 7.67. The molecule has 0 aliphatic carbocycles. The summed E-state index contributed by atoms with van der Waals surface area (Å²) >= 11 is 0. The van der Waals surface area contributed by atoms with E-state index >= 15 is 0 Å². The van der Waals surface area contributed by atoms with Crippen LogP contribution in [0.5, 0.6) is 0 Å². The van der Waals surface area contributed by atoms with Crippen molar-refractivity contribution in [2.24, 2.45) is 0 Å². The molecule has 0 N–H and O–H groups in total. The van der Waals surface area contributed by atoms with Gasteiger partial charge in [-0.1, -0.05) is 12.1 Å².